The van der Waals surface area contributed by atoms with Gasteiger partial charge in [0.15, 0.2) is 16.6 Å². The molecule has 0 aliphatic heterocycles. The summed E-state index contributed by atoms with van der Waals surface area (Å²) in [7, 11) is 1.72. The van der Waals surface area contributed by atoms with Crippen LogP contribution in [-0.2, 0) is 7.05 Å². The van der Waals surface area contributed by atoms with Gasteiger partial charge in [0.1, 0.15) is 11.3 Å². The normalized spacial score (nSPS) is 11.0. The lowest BCUT2D eigenvalue weighted by Gasteiger charge is -1.96. The molecule has 0 saturated heterocycles. The van der Waals surface area contributed by atoms with Crippen LogP contribution in [0.5, 0.6) is 0 Å². The maximum atomic E-state index is 13.6. The predicted octanol–water partition coefficient (Wildman–Crippen LogP) is 2.87. The highest BCUT2D eigenvalue weighted by Gasteiger charge is 2.15. The summed E-state index contributed by atoms with van der Waals surface area (Å²) in [5, 5.41) is 6.77. The van der Waals surface area contributed by atoms with Crippen molar-refractivity contribution >= 4 is 32.6 Å². The first-order chi connectivity index (χ1) is 9.94. The first kappa shape index (κ1) is 13.6. The van der Waals surface area contributed by atoms with Gasteiger partial charge in [-0.2, -0.15) is 5.10 Å². The monoisotopic (exact) mass is 308 g/mol. The highest BCUT2D eigenvalue weighted by molar-refractivity contribution is 7.22. The van der Waals surface area contributed by atoms with Gasteiger partial charge in [-0.05, 0) is 19.1 Å². The molecule has 0 unspecified atom stereocenters. The molecule has 0 fully saturated rings. The van der Waals surface area contributed by atoms with Crippen molar-refractivity contribution in [2.45, 2.75) is 6.92 Å². The summed E-state index contributed by atoms with van der Waals surface area (Å²) in [5.41, 5.74) is 1.10. The van der Waals surface area contributed by atoms with Gasteiger partial charge >= 0.3 is 0 Å². The Labute approximate surface area is 122 Å². The molecule has 3 rings (SSSR count). The number of benzene rings is 1. The van der Waals surface area contributed by atoms with Gasteiger partial charge in [-0.15, -0.1) is 0 Å². The van der Waals surface area contributed by atoms with E-state index in [9.17, 15) is 13.6 Å². The van der Waals surface area contributed by atoms with E-state index in [1.165, 1.54) is 6.07 Å². The summed E-state index contributed by atoms with van der Waals surface area (Å²) in [6.45, 7) is 1.82. The number of amides is 1. The van der Waals surface area contributed by atoms with Gasteiger partial charge in [0.2, 0.25) is 0 Å². The fraction of sp³-hybridized carbons (Fsp3) is 0.154. The molecule has 21 heavy (non-hydrogen) atoms. The summed E-state index contributed by atoms with van der Waals surface area (Å²) in [5.74, 6) is -1.88. The molecule has 0 aliphatic carbocycles. The Hall–Kier alpha value is -2.35. The fourth-order valence-electron chi connectivity index (χ4n) is 1.84. The van der Waals surface area contributed by atoms with E-state index in [-0.39, 0.29) is 16.3 Å². The van der Waals surface area contributed by atoms with Crippen molar-refractivity contribution in [3.8, 4) is 0 Å². The summed E-state index contributed by atoms with van der Waals surface area (Å²) in [6, 6.07) is 3.56. The number of nitrogens with one attached hydrogen (secondary N) is 1. The van der Waals surface area contributed by atoms with Crippen molar-refractivity contribution in [1.82, 2.24) is 14.8 Å². The third-order valence-electron chi connectivity index (χ3n) is 2.98. The number of carbonyl (C=O) groups excluding carboxylic acids is 1. The Kier molecular flexibility index (Phi) is 3.17. The number of nitrogens with zero attached hydrogens (tertiary/aromatic N) is 3. The third kappa shape index (κ3) is 2.49. The van der Waals surface area contributed by atoms with Gasteiger partial charge in [0.05, 0.1) is 4.70 Å². The predicted molar refractivity (Wildman–Crippen MR) is 75.4 cm³/mol. The number of hydrogen-bond donors (Lipinski definition) is 1. The molecule has 1 aromatic carbocycles. The first-order valence-corrected chi connectivity index (χ1v) is 6.83. The molecule has 108 valence electrons. The Morgan fingerprint density at radius 2 is 2.10 bits per heavy atom. The van der Waals surface area contributed by atoms with Crippen LogP contribution >= 0.6 is 11.3 Å². The van der Waals surface area contributed by atoms with Gasteiger partial charge < -0.3 is 0 Å². The van der Waals surface area contributed by atoms with E-state index in [1.54, 1.807) is 17.8 Å². The third-order valence-corrected chi connectivity index (χ3v) is 3.90. The largest absolute Gasteiger partial charge is 0.296 e. The minimum Gasteiger partial charge on any atom is -0.296 e. The van der Waals surface area contributed by atoms with Gasteiger partial charge in [-0.1, -0.05) is 11.3 Å². The summed E-state index contributed by atoms with van der Waals surface area (Å²) in [6.07, 6.45) is 0. The van der Waals surface area contributed by atoms with Gasteiger partial charge in [-0.3, -0.25) is 14.8 Å². The number of hydrogen-bond acceptors (Lipinski definition) is 4. The molecular weight excluding hydrogens is 298 g/mol. The van der Waals surface area contributed by atoms with Crippen LogP contribution in [-0.4, -0.2) is 20.7 Å². The summed E-state index contributed by atoms with van der Waals surface area (Å²) >= 11 is 1.00. The zero-order valence-electron chi connectivity index (χ0n) is 11.1. The SMILES string of the molecule is Cc1cc(C(=O)Nc2nc3c(F)cc(F)cc3s2)nn1C. The molecule has 8 heteroatoms. The first-order valence-electron chi connectivity index (χ1n) is 6.01. The molecule has 2 heterocycles. The molecular formula is C13H10F2N4OS. The Balaban J connectivity index is 1.91. The molecule has 0 saturated carbocycles. The number of rotatable bonds is 2. The lowest BCUT2D eigenvalue weighted by Crippen LogP contribution is -2.12. The van der Waals surface area contributed by atoms with Crippen LogP contribution in [0.2, 0.25) is 0 Å². The average molecular weight is 308 g/mol. The lowest BCUT2D eigenvalue weighted by molar-refractivity contribution is 0.102. The van der Waals surface area contributed by atoms with E-state index >= 15 is 0 Å². The molecule has 0 bridgehead atoms. The second-order valence-electron chi connectivity index (χ2n) is 4.50. The smallest absolute Gasteiger partial charge is 0.277 e. The Morgan fingerprint density at radius 3 is 2.76 bits per heavy atom. The highest BCUT2D eigenvalue weighted by Crippen LogP contribution is 2.28. The van der Waals surface area contributed by atoms with E-state index in [4.69, 9.17) is 0 Å². The van der Waals surface area contributed by atoms with Crippen molar-refractivity contribution in [1.29, 1.82) is 0 Å². The number of halogens is 2. The minimum atomic E-state index is -0.754. The molecule has 2 aromatic heterocycles. The number of anilines is 1. The zero-order valence-corrected chi connectivity index (χ0v) is 12.0. The van der Waals surface area contributed by atoms with E-state index in [0.717, 1.165) is 23.1 Å². The molecule has 0 atom stereocenters. The van der Waals surface area contributed by atoms with E-state index in [1.807, 2.05) is 6.92 Å². The number of fused-ring (bicyclic) bond motifs is 1. The lowest BCUT2D eigenvalue weighted by atomic mass is 10.3. The molecule has 3 aromatic rings. The second-order valence-corrected chi connectivity index (χ2v) is 5.53. The Morgan fingerprint density at radius 1 is 1.33 bits per heavy atom. The molecule has 5 nitrogen and oxygen atoms in total. The van der Waals surface area contributed by atoms with Gasteiger partial charge in [0, 0.05) is 18.8 Å². The maximum absolute atomic E-state index is 13.6. The summed E-state index contributed by atoms with van der Waals surface area (Å²) in [4.78, 5) is 16.0. The Bertz CT molecular complexity index is 836. The van der Waals surface area contributed by atoms with Crippen LogP contribution in [0.1, 0.15) is 16.2 Å². The second kappa shape index (κ2) is 4.88. The van der Waals surface area contributed by atoms with Crippen LogP contribution < -0.4 is 5.32 Å². The standard InChI is InChI=1S/C13H10F2N4OS/c1-6-3-9(18-19(6)2)12(20)17-13-16-11-8(15)4-7(14)5-10(11)21-13/h3-5H,1-2H3,(H,16,17,20). The molecule has 1 amide bonds. The van der Waals surface area contributed by atoms with Crippen molar-refractivity contribution in [2.24, 2.45) is 7.05 Å². The van der Waals surface area contributed by atoms with Gasteiger partial charge in [0.25, 0.3) is 5.91 Å². The van der Waals surface area contributed by atoms with Crippen molar-refractivity contribution in [2.75, 3.05) is 5.32 Å². The van der Waals surface area contributed by atoms with Crippen LogP contribution in [0, 0.1) is 18.6 Å². The minimum absolute atomic E-state index is 0.0360. The number of carbonyl (C=O) groups is 1. The maximum Gasteiger partial charge on any atom is 0.277 e. The van der Waals surface area contributed by atoms with Crippen LogP contribution in [0.4, 0.5) is 13.9 Å². The number of thiazole rings is 1. The van der Waals surface area contributed by atoms with Crippen molar-refractivity contribution in [3.05, 3.63) is 41.2 Å². The zero-order chi connectivity index (χ0) is 15.1. The molecule has 0 aliphatic rings. The number of aryl methyl sites for hydroxylation is 2. The van der Waals surface area contributed by atoms with Gasteiger partial charge in [-0.25, -0.2) is 13.8 Å². The number of aromatic nitrogens is 3. The quantitative estimate of drug-likeness (QED) is 0.792. The van der Waals surface area contributed by atoms with Crippen LogP contribution in [0.15, 0.2) is 18.2 Å². The fourth-order valence-corrected chi connectivity index (χ4v) is 2.74. The highest BCUT2D eigenvalue weighted by atomic mass is 32.1. The summed E-state index contributed by atoms with van der Waals surface area (Å²) < 4.78 is 28.6. The molecule has 0 spiro atoms. The van der Waals surface area contributed by atoms with Crippen LogP contribution in [0.3, 0.4) is 0 Å². The average Bonchev–Trinajstić information content (AvgIpc) is 2.94. The molecule has 0 radical (unpaired) electrons. The van der Waals surface area contributed by atoms with Crippen molar-refractivity contribution < 1.29 is 13.6 Å². The van der Waals surface area contributed by atoms with E-state index in [0.29, 0.717) is 4.70 Å². The van der Waals surface area contributed by atoms with Crippen LogP contribution in [0.25, 0.3) is 10.2 Å². The molecule has 1 N–H and O–H groups in total. The topological polar surface area (TPSA) is 59.8 Å². The van der Waals surface area contributed by atoms with E-state index < -0.39 is 17.5 Å². The van der Waals surface area contributed by atoms with E-state index in [2.05, 4.69) is 15.4 Å². The van der Waals surface area contributed by atoms with Crippen molar-refractivity contribution in [3.63, 3.8) is 0 Å².